The molecular weight excluding hydrogens is 160 g/mol. The van der Waals surface area contributed by atoms with Crippen molar-refractivity contribution in [3.63, 3.8) is 0 Å². The fraction of sp³-hybridized carbons (Fsp3) is 1.00. The number of thioether (sulfide) groups is 2. The maximum absolute atomic E-state index is 2.40. The zero-order chi connectivity index (χ0) is 7.24. The van der Waals surface area contributed by atoms with E-state index in [1.54, 1.807) is 0 Å². The first kappa shape index (κ1) is 7.35. The molecule has 0 aromatic heterocycles. The van der Waals surface area contributed by atoms with Crippen molar-refractivity contribution >= 4 is 23.5 Å². The molecule has 10 heavy (non-hydrogen) atoms. The number of hydrogen-bond donors (Lipinski definition) is 0. The van der Waals surface area contributed by atoms with Gasteiger partial charge in [-0.1, -0.05) is 0 Å². The first-order valence-corrected chi connectivity index (χ1v) is 5.87. The van der Waals surface area contributed by atoms with Crippen LogP contribution >= 0.6 is 23.5 Å². The van der Waals surface area contributed by atoms with Crippen LogP contribution in [0.25, 0.3) is 0 Å². The van der Waals surface area contributed by atoms with Crippen LogP contribution in [-0.2, 0) is 0 Å². The second-order valence-corrected chi connectivity index (χ2v) is 7.10. The molecule has 2 atom stereocenters. The van der Waals surface area contributed by atoms with E-state index in [4.69, 9.17) is 0 Å². The van der Waals surface area contributed by atoms with Crippen LogP contribution in [0.1, 0.15) is 26.7 Å². The maximum atomic E-state index is 2.40. The van der Waals surface area contributed by atoms with E-state index in [-0.39, 0.29) is 0 Å². The van der Waals surface area contributed by atoms with Crippen LogP contribution in [0, 0.1) is 0 Å². The van der Waals surface area contributed by atoms with Gasteiger partial charge >= 0.3 is 0 Å². The van der Waals surface area contributed by atoms with Crippen LogP contribution in [0.15, 0.2) is 0 Å². The van der Waals surface area contributed by atoms with Gasteiger partial charge in [0.15, 0.2) is 0 Å². The van der Waals surface area contributed by atoms with Gasteiger partial charge in [0, 0.05) is 21.0 Å². The van der Waals surface area contributed by atoms with Gasteiger partial charge in [-0.05, 0) is 26.7 Å². The third-order valence-corrected chi connectivity index (χ3v) is 5.41. The van der Waals surface area contributed by atoms with Crippen molar-refractivity contribution in [1.29, 1.82) is 0 Å². The van der Waals surface area contributed by atoms with Crippen molar-refractivity contribution in [1.82, 2.24) is 0 Å². The van der Waals surface area contributed by atoms with Crippen molar-refractivity contribution in [3.05, 3.63) is 0 Å². The van der Waals surface area contributed by atoms with Gasteiger partial charge in [-0.3, -0.25) is 0 Å². The monoisotopic (exact) mass is 174 g/mol. The van der Waals surface area contributed by atoms with E-state index in [0.717, 1.165) is 0 Å². The molecule has 0 N–H and O–H groups in total. The minimum absolute atomic E-state index is 0.701. The molecule has 0 amide bonds. The summed E-state index contributed by atoms with van der Waals surface area (Å²) in [4.78, 5) is 0. The van der Waals surface area contributed by atoms with Crippen LogP contribution in [0.2, 0.25) is 0 Å². The van der Waals surface area contributed by atoms with Gasteiger partial charge < -0.3 is 0 Å². The van der Waals surface area contributed by atoms with Gasteiger partial charge in [-0.2, -0.15) is 23.5 Å². The van der Waals surface area contributed by atoms with Crippen LogP contribution in [0.5, 0.6) is 0 Å². The summed E-state index contributed by atoms with van der Waals surface area (Å²) in [5.74, 6) is 2.82. The molecule has 58 valence electrons. The van der Waals surface area contributed by atoms with Gasteiger partial charge in [0.05, 0.1) is 0 Å². The van der Waals surface area contributed by atoms with E-state index >= 15 is 0 Å². The zero-order valence-corrected chi connectivity index (χ0v) is 8.28. The highest BCUT2D eigenvalue weighted by atomic mass is 32.2. The summed E-state index contributed by atoms with van der Waals surface area (Å²) in [7, 11) is 0. The molecule has 0 aromatic rings. The molecule has 0 aromatic carbocycles. The summed E-state index contributed by atoms with van der Waals surface area (Å²) < 4.78 is 1.40. The highest BCUT2D eigenvalue weighted by Gasteiger charge is 2.44. The minimum Gasteiger partial charge on any atom is -0.153 e. The van der Waals surface area contributed by atoms with Crippen LogP contribution in [-0.4, -0.2) is 21.0 Å². The summed E-state index contributed by atoms with van der Waals surface area (Å²) in [5, 5.41) is 0. The van der Waals surface area contributed by atoms with Crippen molar-refractivity contribution in [2.24, 2.45) is 0 Å². The molecular formula is C8H14S2. The first-order valence-electron chi connectivity index (χ1n) is 3.90. The Morgan fingerprint density at radius 1 is 1.00 bits per heavy atom. The Hall–Kier alpha value is 0.700. The van der Waals surface area contributed by atoms with E-state index in [0.29, 0.717) is 9.49 Å². The van der Waals surface area contributed by atoms with Crippen LogP contribution < -0.4 is 0 Å². The lowest BCUT2D eigenvalue weighted by Crippen LogP contribution is -2.09. The molecule has 2 aliphatic heterocycles. The standard InChI is InChI=1S/C8H14S2/c1-7(5-9-7)3-4-8(2)6-10-8/h3-6H2,1-2H3. The van der Waals surface area contributed by atoms with Crippen LogP contribution in [0.4, 0.5) is 0 Å². The smallest absolute Gasteiger partial charge is 0.0223 e. The predicted molar refractivity (Wildman–Crippen MR) is 51.0 cm³/mol. The predicted octanol–water partition coefficient (Wildman–Crippen LogP) is 2.78. The maximum Gasteiger partial charge on any atom is 0.0223 e. The van der Waals surface area contributed by atoms with Crippen LogP contribution in [0.3, 0.4) is 0 Å². The lowest BCUT2D eigenvalue weighted by molar-refractivity contribution is 0.597. The Labute approximate surface area is 71.5 Å². The summed E-state index contributed by atoms with van der Waals surface area (Å²) in [6.07, 6.45) is 2.89. The van der Waals surface area contributed by atoms with Gasteiger partial charge in [0.25, 0.3) is 0 Å². The summed E-state index contributed by atoms with van der Waals surface area (Å²) in [6, 6.07) is 0. The van der Waals surface area contributed by atoms with Crippen molar-refractivity contribution in [3.8, 4) is 0 Å². The summed E-state index contributed by atoms with van der Waals surface area (Å²) in [6.45, 7) is 4.79. The van der Waals surface area contributed by atoms with E-state index in [2.05, 4.69) is 37.4 Å². The van der Waals surface area contributed by atoms with E-state index in [1.807, 2.05) is 0 Å². The third kappa shape index (κ3) is 1.65. The van der Waals surface area contributed by atoms with Gasteiger partial charge in [0.2, 0.25) is 0 Å². The largest absolute Gasteiger partial charge is 0.153 e. The molecule has 2 unspecified atom stereocenters. The highest BCUT2D eigenvalue weighted by Crippen LogP contribution is 2.54. The number of hydrogen-bond acceptors (Lipinski definition) is 2. The molecule has 0 aliphatic carbocycles. The SMILES string of the molecule is CC1(CCC2(C)CS2)CS1. The fourth-order valence-corrected chi connectivity index (χ4v) is 2.34. The molecule has 2 rings (SSSR count). The van der Waals surface area contributed by atoms with Crippen molar-refractivity contribution in [2.45, 2.75) is 36.2 Å². The Bertz CT molecular complexity index is 127. The molecule has 2 aliphatic rings. The molecule has 2 fully saturated rings. The van der Waals surface area contributed by atoms with Crippen molar-refractivity contribution < 1.29 is 0 Å². The molecule has 0 bridgehead atoms. The average Bonchev–Trinajstić information content (AvgIpc) is 2.72. The zero-order valence-electron chi connectivity index (χ0n) is 6.64. The van der Waals surface area contributed by atoms with E-state index < -0.39 is 0 Å². The lowest BCUT2D eigenvalue weighted by Gasteiger charge is -2.09. The minimum atomic E-state index is 0.701. The third-order valence-electron chi connectivity index (χ3n) is 2.46. The first-order chi connectivity index (χ1) is 4.62. The second-order valence-electron chi connectivity index (χ2n) is 3.98. The molecule has 0 radical (unpaired) electrons. The molecule has 2 heteroatoms. The highest BCUT2D eigenvalue weighted by molar-refractivity contribution is 8.08. The van der Waals surface area contributed by atoms with E-state index in [9.17, 15) is 0 Å². The van der Waals surface area contributed by atoms with Gasteiger partial charge in [0.1, 0.15) is 0 Å². The second kappa shape index (κ2) is 2.10. The molecule has 0 nitrogen and oxygen atoms in total. The topological polar surface area (TPSA) is 0 Å². The molecule has 2 heterocycles. The molecule has 2 saturated heterocycles. The van der Waals surface area contributed by atoms with Gasteiger partial charge in [-0.25, -0.2) is 0 Å². The van der Waals surface area contributed by atoms with Gasteiger partial charge in [-0.15, -0.1) is 0 Å². The van der Waals surface area contributed by atoms with Crippen molar-refractivity contribution in [2.75, 3.05) is 11.5 Å². The Morgan fingerprint density at radius 3 is 1.50 bits per heavy atom. The Morgan fingerprint density at radius 2 is 1.30 bits per heavy atom. The summed E-state index contributed by atoms with van der Waals surface area (Å²) >= 11 is 4.26. The summed E-state index contributed by atoms with van der Waals surface area (Å²) in [5.41, 5.74) is 0. The number of rotatable bonds is 3. The lowest BCUT2D eigenvalue weighted by atomic mass is 10.0. The molecule has 0 saturated carbocycles. The average molecular weight is 174 g/mol. The van der Waals surface area contributed by atoms with E-state index in [1.165, 1.54) is 24.3 Å². The normalized spacial score (nSPS) is 51.0. The quantitative estimate of drug-likeness (QED) is 0.603. The molecule has 0 spiro atoms. The Balaban J connectivity index is 1.72. The fourth-order valence-electron chi connectivity index (χ4n) is 1.06. The Kier molecular flexibility index (Phi) is 1.54.